The fourth-order valence-electron chi connectivity index (χ4n) is 4.75. The van der Waals surface area contributed by atoms with E-state index in [1.807, 2.05) is 89.2 Å². The van der Waals surface area contributed by atoms with E-state index in [2.05, 4.69) is 0 Å². The van der Waals surface area contributed by atoms with Crippen LogP contribution in [0.25, 0.3) is 11.0 Å². The summed E-state index contributed by atoms with van der Waals surface area (Å²) in [6, 6.07) is 16.2. The van der Waals surface area contributed by atoms with E-state index in [1.54, 1.807) is 4.90 Å². The Kier molecular flexibility index (Phi) is 6.04. The molecule has 1 atom stereocenters. The van der Waals surface area contributed by atoms with Crippen LogP contribution in [0, 0.1) is 20.8 Å². The summed E-state index contributed by atoms with van der Waals surface area (Å²) >= 11 is 0. The van der Waals surface area contributed by atoms with Gasteiger partial charge in [0, 0.05) is 5.69 Å². The lowest BCUT2D eigenvalue weighted by atomic mass is 9.96. The zero-order chi connectivity index (χ0) is 25.6. The molecule has 1 aromatic heterocycles. The number of carbonyl (C=O) groups is 1. The van der Waals surface area contributed by atoms with Crippen molar-refractivity contribution in [3.8, 4) is 11.5 Å². The van der Waals surface area contributed by atoms with Crippen molar-refractivity contribution in [3.05, 3.63) is 98.4 Å². The highest BCUT2D eigenvalue weighted by molar-refractivity contribution is 6.10. The first-order valence-electron chi connectivity index (χ1n) is 12.2. The fourth-order valence-corrected chi connectivity index (χ4v) is 4.75. The monoisotopic (exact) mass is 483 g/mol. The minimum atomic E-state index is -0.674. The number of benzene rings is 3. The van der Waals surface area contributed by atoms with Gasteiger partial charge in [-0.15, -0.1) is 0 Å². The van der Waals surface area contributed by atoms with Gasteiger partial charge in [0.25, 0.3) is 5.91 Å². The van der Waals surface area contributed by atoms with Crippen molar-refractivity contribution >= 4 is 22.6 Å². The van der Waals surface area contributed by atoms with Gasteiger partial charge in [-0.2, -0.15) is 0 Å². The quantitative estimate of drug-likeness (QED) is 0.324. The molecule has 1 aliphatic heterocycles. The zero-order valence-electron chi connectivity index (χ0n) is 21.2. The minimum absolute atomic E-state index is 0.0770. The van der Waals surface area contributed by atoms with Crippen molar-refractivity contribution in [1.82, 2.24) is 0 Å². The number of amides is 1. The number of rotatable bonds is 6. The average molecular weight is 484 g/mol. The molecule has 5 rings (SSSR count). The molecular formula is C30H29NO5. The van der Waals surface area contributed by atoms with Crippen molar-refractivity contribution in [2.24, 2.45) is 0 Å². The number of nitrogens with zero attached hydrogens (tertiary/aromatic N) is 1. The van der Waals surface area contributed by atoms with Gasteiger partial charge in [0.1, 0.15) is 5.58 Å². The number of carbonyl (C=O) groups excluding carboxylic acids is 1. The van der Waals surface area contributed by atoms with Gasteiger partial charge in [-0.1, -0.05) is 23.8 Å². The maximum atomic E-state index is 13.9. The largest absolute Gasteiger partial charge is 0.490 e. The van der Waals surface area contributed by atoms with Crippen LogP contribution >= 0.6 is 0 Å². The molecule has 4 aromatic rings. The molecule has 36 heavy (non-hydrogen) atoms. The Morgan fingerprint density at radius 1 is 0.833 bits per heavy atom. The molecule has 6 heteroatoms. The highest BCUT2D eigenvalue weighted by Crippen LogP contribution is 2.43. The van der Waals surface area contributed by atoms with Crippen LogP contribution in [-0.2, 0) is 0 Å². The molecule has 0 bridgehead atoms. The van der Waals surface area contributed by atoms with E-state index in [0.717, 1.165) is 22.3 Å². The minimum Gasteiger partial charge on any atom is -0.490 e. The first-order valence-corrected chi connectivity index (χ1v) is 12.2. The third-order valence-electron chi connectivity index (χ3n) is 6.68. The van der Waals surface area contributed by atoms with Gasteiger partial charge in [-0.3, -0.25) is 14.5 Å². The van der Waals surface area contributed by atoms with Gasteiger partial charge in [-0.25, -0.2) is 0 Å². The second-order valence-corrected chi connectivity index (χ2v) is 9.09. The predicted octanol–water partition coefficient (Wildman–Crippen LogP) is 6.27. The summed E-state index contributed by atoms with van der Waals surface area (Å²) in [7, 11) is 0. The van der Waals surface area contributed by atoms with E-state index >= 15 is 0 Å². The normalized spacial score (nSPS) is 14.9. The van der Waals surface area contributed by atoms with Crippen molar-refractivity contribution in [2.75, 3.05) is 18.1 Å². The summed E-state index contributed by atoms with van der Waals surface area (Å²) in [5.74, 6) is 0.917. The van der Waals surface area contributed by atoms with Crippen molar-refractivity contribution in [2.45, 2.75) is 40.7 Å². The van der Waals surface area contributed by atoms with Crippen LogP contribution in [-0.4, -0.2) is 19.1 Å². The molecule has 2 heterocycles. The summed E-state index contributed by atoms with van der Waals surface area (Å²) in [5, 5.41) is 0.469. The van der Waals surface area contributed by atoms with Gasteiger partial charge >= 0.3 is 0 Å². The summed E-state index contributed by atoms with van der Waals surface area (Å²) in [4.78, 5) is 29.4. The Hall–Kier alpha value is -4.06. The summed E-state index contributed by atoms with van der Waals surface area (Å²) < 4.78 is 17.8. The van der Waals surface area contributed by atoms with Crippen LogP contribution in [0.15, 0.2) is 63.8 Å². The Bertz CT molecular complexity index is 1530. The highest BCUT2D eigenvalue weighted by Gasteiger charge is 2.44. The summed E-state index contributed by atoms with van der Waals surface area (Å²) in [6.45, 7) is 10.7. The van der Waals surface area contributed by atoms with E-state index in [0.29, 0.717) is 46.9 Å². The lowest BCUT2D eigenvalue weighted by Gasteiger charge is -2.26. The van der Waals surface area contributed by atoms with E-state index in [1.165, 1.54) is 0 Å². The SMILES string of the molecule is CCOc1ccc(C2c3c(oc4cc(C)c(C)cc4c3=O)C(=O)N2c2ccc(C)cc2)cc1OCC. The Balaban J connectivity index is 1.78. The van der Waals surface area contributed by atoms with E-state index in [-0.39, 0.29) is 17.1 Å². The lowest BCUT2D eigenvalue weighted by Crippen LogP contribution is -2.29. The molecule has 0 radical (unpaired) electrons. The number of anilines is 1. The van der Waals surface area contributed by atoms with Crippen LogP contribution in [0.4, 0.5) is 5.69 Å². The van der Waals surface area contributed by atoms with Crippen LogP contribution in [0.2, 0.25) is 0 Å². The first-order chi connectivity index (χ1) is 17.3. The highest BCUT2D eigenvalue weighted by atomic mass is 16.5. The third-order valence-corrected chi connectivity index (χ3v) is 6.68. The summed E-state index contributed by atoms with van der Waals surface area (Å²) in [5.41, 5.74) is 5.04. The zero-order valence-corrected chi connectivity index (χ0v) is 21.2. The Labute approximate surface area is 210 Å². The maximum Gasteiger partial charge on any atom is 0.295 e. The molecule has 0 saturated carbocycles. The molecule has 0 spiro atoms. The summed E-state index contributed by atoms with van der Waals surface area (Å²) in [6.07, 6.45) is 0. The van der Waals surface area contributed by atoms with Crippen LogP contribution in [0.3, 0.4) is 0 Å². The molecule has 184 valence electrons. The molecule has 6 nitrogen and oxygen atoms in total. The molecule has 1 unspecified atom stereocenters. The van der Waals surface area contributed by atoms with Crippen LogP contribution in [0.5, 0.6) is 11.5 Å². The molecule has 0 aliphatic carbocycles. The number of hydrogen-bond donors (Lipinski definition) is 0. The van der Waals surface area contributed by atoms with Gasteiger partial charge in [0.05, 0.1) is 30.2 Å². The van der Waals surface area contributed by atoms with E-state index in [4.69, 9.17) is 13.9 Å². The molecule has 0 fully saturated rings. The van der Waals surface area contributed by atoms with Crippen molar-refractivity contribution < 1.29 is 18.7 Å². The smallest absolute Gasteiger partial charge is 0.295 e. The number of aryl methyl sites for hydroxylation is 3. The number of fused-ring (bicyclic) bond motifs is 2. The molecule has 0 saturated heterocycles. The lowest BCUT2D eigenvalue weighted by molar-refractivity contribution is 0.0971. The molecule has 3 aromatic carbocycles. The van der Waals surface area contributed by atoms with Crippen LogP contribution < -0.4 is 19.8 Å². The molecular weight excluding hydrogens is 454 g/mol. The fraction of sp³-hybridized carbons (Fsp3) is 0.267. The number of ether oxygens (including phenoxy) is 2. The van der Waals surface area contributed by atoms with Crippen molar-refractivity contribution in [3.63, 3.8) is 0 Å². The predicted molar refractivity (Wildman–Crippen MR) is 141 cm³/mol. The number of hydrogen-bond acceptors (Lipinski definition) is 5. The average Bonchev–Trinajstić information content (AvgIpc) is 3.15. The Morgan fingerprint density at radius 3 is 2.19 bits per heavy atom. The van der Waals surface area contributed by atoms with Gasteiger partial charge in [0.2, 0.25) is 5.76 Å². The van der Waals surface area contributed by atoms with E-state index in [9.17, 15) is 9.59 Å². The van der Waals surface area contributed by atoms with E-state index < -0.39 is 6.04 Å². The first kappa shape index (κ1) is 23.7. The third kappa shape index (κ3) is 3.83. The molecule has 0 N–H and O–H groups in total. The van der Waals surface area contributed by atoms with Gasteiger partial charge < -0.3 is 13.9 Å². The van der Waals surface area contributed by atoms with Gasteiger partial charge in [0.15, 0.2) is 16.9 Å². The standard InChI is InChI=1S/C30H29NO5/c1-6-34-23-13-10-20(16-25(23)35-7-2)27-26-28(32)22-14-18(4)19(5)15-24(22)36-29(26)30(33)31(27)21-11-8-17(3)9-12-21/h8-16,27H,6-7H2,1-5H3. The second kappa shape index (κ2) is 9.19. The van der Waals surface area contributed by atoms with Crippen molar-refractivity contribution in [1.29, 1.82) is 0 Å². The van der Waals surface area contributed by atoms with Crippen LogP contribution in [0.1, 0.15) is 58.3 Å². The topological polar surface area (TPSA) is 69.0 Å². The molecule has 1 amide bonds. The van der Waals surface area contributed by atoms with Gasteiger partial charge in [-0.05, 0) is 87.7 Å². The Morgan fingerprint density at radius 2 is 1.50 bits per heavy atom. The maximum absolute atomic E-state index is 13.9. The molecule has 1 aliphatic rings. The second-order valence-electron chi connectivity index (χ2n) is 9.09.